The third-order valence-electron chi connectivity index (χ3n) is 3.00. The lowest BCUT2D eigenvalue weighted by molar-refractivity contribution is -0.144. The van der Waals surface area contributed by atoms with Crippen molar-refractivity contribution in [1.82, 2.24) is 0 Å². The van der Waals surface area contributed by atoms with Gasteiger partial charge in [0.05, 0.1) is 11.1 Å². The molecule has 2 rings (SSSR count). The Balaban J connectivity index is 1.92. The molecule has 0 atom stereocenters. The predicted octanol–water partition coefficient (Wildman–Crippen LogP) is 2.67. The number of carboxylic acids is 1. The molecule has 0 aliphatic rings. The minimum atomic E-state index is -1.06. The zero-order valence-corrected chi connectivity index (χ0v) is 13.0. The van der Waals surface area contributed by atoms with Gasteiger partial charge in [0, 0.05) is 6.08 Å². The van der Waals surface area contributed by atoms with Crippen LogP contribution in [0.3, 0.4) is 0 Å². The summed E-state index contributed by atoms with van der Waals surface area (Å²) in [5.74, 6) is -1.64. The third kappa shape index (κ3) is 5.21. The molecule has 0 saturated carbocycles. The highest BCUT2D eigenvalue weighted by molar-refractivity contribution is 5.91. The summed E-state index contributed by atoms with van der Waals surface area (Å²) in [5.41, 5.74) is 0.371. The van der Waals surface area contributed by atoms with Crippen molar-refractivity contribution in [2.75, 3.05) is 6.79 Å². The first kappa shape index (κ1) is 17.7. The van der Waals surface area contributed by atoms with E-state index in [1.54, 1.807) is 0 Å². The lowest BCUT2D eigenvalue weighted by atomic mass is 10.2. The summed E-state index contributed by atoms with van der Waals surface area (Å²) in [6.45, 7) is 2.98. The molecule has 2 aromatic rings. The Bertz CT molecular complexity index is 776. The maximum atomic E-state index is 12.0. The van der Waals surface area contributed by atoms with E-state index in [2.05, 4.69) is 11.3 Å². The van der Waals surface area contributed by atoms with Crippen LogP contribution in [0.1, 0.15) is 20.7 Å². The third-order valence-corrected chi connectivity index (χ3v) is 3.00. The average molecular weight is 342 g/mol. The summed E-state index contributed by atoms with van der Waals surface area (Å²) < 4.78 is 15.0. The average Bonchev–Trinajstić information content (AvgIpc) is 2.62. The van der Waals surface area contributed by atoms with Crippen molar-refractivity contribution < 1.29 is 33.7 Å². The Morgan fingerprint density at radius 3 is 2.04 bits per heavy atom. The fourth-order valence-electron chi connectivity index (χ4n) is 1.73. The van der Waals surface area contributed by atoms with Crippen LogP contribution in [0.15, 0.2) is 61.2 Å². The number of benzene rings is 2. The summed E-state index contributed by atoms with van der Waals surface area (Å²) in [6.07, 6.45) is 1.02. The minimum absolute atomic E-state index is 0.0958. The predicted molar refractivity (Wildman–Crippen MR) is 86.6 cm³/mol. The molecule has 0 fully saturated rings. The number of carboxylic acid groups (broad SMARTS) is 1. The van der Waals surface area contributed by atoms with Crippen LogP contribution in [0.5, 0.6) is 11.5 Å². The van der Waals surface area contributed by atoms with E-state index in [4.69, 9.17) is 14.6 Å². The van der Waals surface area contributed by atoms with Gasteiger partial charge in [-0.2, -0.15) is 0 Å². The Morgan fingerprint density at radius 1 is 0.920 bits per heavy atom. The summed E-state index contributed by atoms with van der Waals surface area (Å²) in [5, 5.41) is 8.82. The van der Waals surface area contributed by atoms with Gasteiger partial charge in [0.15, 0.2) is 0 Å². The van der Waals surface area contributed by atoms with E-state index in [1.807, 2.05) is 0 Å². The Morgan fingerprint density at radius 2 is 1.48 bits per heavy atom. The van der Waals surface area contributed by atoms with E-state index >= 15 is 0 Å². The first-order valence-electron chi connectivity index (χ1n) is 7.07. The number of aromatic carboxylic acids is 1. The number of ether oxygens (including phenoxy) is 3. The van der Waals surface area contributed by atoms with E-state index in [0.29, 0.717) is 5.75 Å². The molecule has 128 valence electrons. The molecule has 7 heteroatoms. The first-order chi connectivity index (χ1) is 12.0. The number of hydrogen-bond donors (Lipinski definition) is 1. The van der Waals surface area contributed by atoms with Gasteiger partial charge < -0.3 is 19.3 Å². The highest BCUT2D eigenvalue weighted by Gasteiger charge is 2.10. The highest BCUT2D eigenvalue weighted by Crippen LogP contribution is 2.17. The molecule has 0 bridgehead atoms. The lowest BCUT2D eigenvalue weighted by Crippen LogP contribution is -2.09. The second-order valence-corrected chi connectivity index (χ2v) is 4.67. The molecule has 7 nitrogen and oxygen atoms in total. The van der Waals surface area contributed by atoms with Crippen LogP contribution >= 0.6 is 0 Å². The van der Waals surface area contributed by atoms with Gasteiger partial charge >= 0.3 is 17.9 Å². The van der Waals surface area contributed by atoms with Gasteiger partial charge in [-0.15, -0.1) is 0 Å². The van der Waals surface area contributed by atoms with Crippen LogP contribution in [0.4, 0.5) is 0 Å². The van der Waals surface area contributed by atoms with Gasteiger partial charge in [0.2, 0.25) is 6.79 Å². The fraction of sp³-hybridized carbons (Fsp3) is 0.0556. The van der Waals surface area contributed by atoms with Gasteiger partial charge in [0.25, 0.3) is 0 Å². The van der Waals surface area contributed by atoms with Crippen LogP contribution in [-0.2, 0) is 9.53 Å². The quantitative estimate of drug-likeness (QED) is 0.357. The molecular formula is C18H14O7. The Kier molecular flexibility index (Phi) is 5.89. The number of rotatable bonds is 7. The SMILES string of the molecule is C=CC(=O)OCOc1ccc(C(=O)Oc2ccc(C(=O)O)cc2)cc1. The maximum Gasteiger partial charge on any atom is 0.343 e. The zero-order chi connectivity index (χ0) is 18.2. The standard InChI is InChI=1S/C18H14O7/c1-2-16(19)24-11-23-14-7-5-13(6-8-14)18(22)25-15-9-3-12(4-10-15)17(20)21/h2-10H,1,11H2,(H,20,21). The monoisotopic (exact) mass is 342 g/mol. The summed E-state index contributed by atoms with van der Waals surface area (Å²) in [4.78, 5) is 33.7. The molecule has 0 spiro atoms. The van der Waals surface area contributed by atoms with E-state index in [1.165, 1.54) is 48.5 Å². The van der Waals surface area contributed by atoms with Crippen molar-refractivity contribution in [2.24, 2.45) is 0 Å². The first-order valence-corrected chi connectivity index (χ1v) is 7.07. The van der Waals surface area contributed by atoms with E-state index in [0.717, 1.165) is 6.08 Å². The molecule has 0 heterocycles. The second-order valence-electron chi connectivity index (χ2n) is 4.67. The number of carbonyl (C=O) groups is 3. The Hall–Kier alpha value is -3.61. The molecular weight excluding hydrogens is 328 g/mol. The summed E-state index contributed by atoms with van der Waals surface area (Å²) in [7, 11) is 0. The summed E-state index contributed by atoms with van der Waals surface area (Å²) in [6, 6.07) is 11.5. The molecule has 2 aromatic carbocycles. The number of esters is 2. The van der Waals surface area contributed by atoms with Gasteiger partial charge in [-0.3, -0.25) is 0 Å². The van der Waals surface area contributed by atoms with Crippen LogP contribution in [0.2, 0.25) is 0 Å². The van der Waals surface area contributed by atoms with Crippen LogP contribution in [-0.4, -0.2) is 29.8 Å². The van der Waals surface area contributed by atoms with Crippen molar-refractivity contribution >= 4 is 17.9 Å². The van der Waals surface area contributed by atoms with E-state index in [-0.39, 0.29) is 23.7 Å². The van der Waals surface area contributed by atoms with Crippen molar-refractivity contribution in [3.8, 4) is 11.5 Å². The molecule has 0 aromatic heterocycles. The molecule has 0 aliphatic carbocycles. The molecule has 0 radical (unpaired) electrons. The van der Waals surface area contributed by atoms with Crippen molar-refractivity contribution in [2.45, 2.75) is 0 Å². The molecule has 25 heavy (non-hydrogen) atoms. The van der Waals surface area contributed by atoms with E-state index in [9.17, 15) is 14.4 Å². The van der Waals surface area contributed by atoms with Gasteiger partial charge in [-0.1, -0.05) is 6.58 Å². The highest BCUT2D eigenvalue weighted by atomic mass is 16.7. The molecule has 1 N–H and O–H groups in total. The smallest absolute Gasteiger partial charge is 0.343 e. The lowest BCUT2D eigenvalue weighted by Gasteiger charge is -2.07. The summed E-state index contributed by atoms with van der Waals surface area (Å²) >= 11 is 0. The van der Waals surface area contributed by atoms with Crippen molar-refractivity contribution in [3.63, 3.8) is 0 Å². The normalized spacial score (nSPS) is 9.76. The van der Waals surface area contributed by atoms with Crippen LogP contribution in [0, 0.1) is 0 Å². The molecule has 0 amide bonds. The maximum absolute atomic E-state index is 12.0. The Labute approximate surface area is 143 Å². The second kappa shape index (κ2) is 8.30. The largest absolute Gasteiger partial charge is 0.478 e. The van der Waals surface area contributed by atoms with Crippen LogP contribution in [0.25, 0.3) is 0 Å². The molecule has 0 saturated heterocycles. The van der Waals surface area contributed by atoms with Crippen LogP contribution < -0.4 is 9.47 Å². The van der Waals surface area contributed by atoms with Gasteiger partial charge in [-0.05, 0) is 48.5 Å². The number of hydrogen-bond acceptors (Lipinski definition) is 6. The topological polar surface area (TPSA) is 99.1 Å². The van der Waals surface area contributed by atoms with Crippen molar-refractivity contribution in [1.29, 1.82) is 0 Å². The zero-order valence-electron chi connectivity index (χ0n) is 13.0. The fourth-order valence-corrected chi connectivity index (χ4v) is 1.73. The van der Waals surface area contributed by atoms with E-state index < -0.39 is 17.9 Å². The van der Waals surface area contributed by atoms with Gasteiger partial charge in [0.1, 0.15) is 11.5 Å². The van der Waals surface area contributed by atoms with Gasteiger partial charge in [-0.25, -0.2) is 14.4 Å². The molecule has 0 unspecified atom stereocenters. The number of carbonyl (C=O) groups excluding carboxylic acids is 2. The molecule has 0 aliphatic heterocycles. The minimum Gasteiger partial charge on any atom is -0.478 e. The van der Waals surface area contributed by atoms with Crippen molar-refractivity contribution in [3.05, 3.63) is 72.3 Å².